The normalized spacial score (nSPS) is 17.6. The van der Waals surface area contributed by atoms with Crippen molar-refractivity contribution in [2.45, 2.75) is 25.8 Å². The van der Waals surface area contributed by atoms with Crippen molar-refractivity contribution < 1.29 is 9.53 Å². The number of amides is 1. The maximum absolute atomic E-state index is 11.7. The molecule has 1 atom stereocenters. The predicted molar refractivity (Wildman–Crippen MR) is 89.3 cm³/mol. The Morgan fingerprint density at radius 2 is 2.33 bits per heavy atom. The average Bonchev–Trinajstić information content (AvgIpc) is 3.12. The summed E-state index contributed by atoms with van der Waals surface area (Å²) in [5, 5.41) is 6.99. The van der Waals surface area contributed by atoms with Gasteiger partial charge in [0.15, 0.2) is 0 Å². The highest BCUT2D eigenvalue weighted by atomic mass is 16.5. The molecule has 1 amide bonds. The third-order valence-corrected chi connectivity index (χ3v) is 4.08. The van der Waals surface area contributed by atoms with Gasteiger partial charge >= 0.3 is 0 Å². The summed E-state index contributed by atoms with van der Waals surface area (Å²) in [6, 6.07) is 3.82. The molecule has 2 aromatic rings. The van der Waals surface area contributed by atoms with Crippen LogP contribution in [0.4, 0.5) is 5.82 Å². The number of nitrogens with one attached hydrogen (secondary N) is 1. The fourth-order valence-electron chi connectivity index (χ4n) is 2.90. The highest BCUT2D eigenvalue weighted by Crippen LogP contribution is 2.26. The molecule has 0 aliphatic carbocycles. The lowest BCUT2D eigenvalue weighted by atomic mass is 10.1. The standard InChI is InChI=1S/C16H22N6O2/c1-3-24-15-9-14(18-11-19-15)21-7-4-5-12(10-21)22-8-6-13(20-22)16(23)17-2/h6,8-9,11-12H,3-5,7,10H2,1-2H3,(H,17,23)/t12-/m1/s1. The third kappa shape index (κ3) is 3.47. The first-order valence-corrected chi connectivity index (χ1v) is 8.18. The van der Waals surface area contributed by atoms with E-state index in [1.54, 1.807) is 13.1 Å². The number of hydrogen-bond acceptors (Lipinski definition) is 6. The van der Waals surface area contributed by atoms with Crippen LogP contribution in [0, 0.1) is 0 Å². The molecule has 0 bridgehead atoms. The van der Waals surface area contributed by atoms with Crippen LogP contribution in [-0.2, 0) is 0 Å². The molecule has 1 aliphatic heterocycles. The predicted octanol–water partition coefficient (Wildman–Crippen LogP) is 1.27. The number of piperidine rings is 1. The van der Waals surface area contributed by atoms with E-state index >= 15 is 0 Å². The summed E-state index contributed by atoms with van der Waals surface area (Å²) < 4.78 is 7.33. The quantitative estimate of drug-likeness (QED) is 0.889. The van der Waals surface area contributed by atoms with Crippen LogP contribution >= 0.6 is 0 Å². The van der Waals surface area contributed by atoms with Crippen molar-refractivity contribution in [3.63, 3.8) is 0 Å². The van der Waals surface area contributed by atoms with Gasteiger partial charge in [0.2, 0.25) is 5.88 Å². The van der Waals surface area contributed by atoms with E-state index in [-0.39, 0.29) is 11.9 Å². The highest BCUT2D eigenvalue weighted by Gasteiger charge is 2.24. The van der Waals surface area contributed by atoms with Gasteiger partial charge in [0, 0.05) is 32.4 Å². The van der Waals surface area contributed by atoms with Gasteiger partial charge in [0.05, 0.1) is 12.6 Å². The first-order chi connectivity index (χ1) is 11.7. The number of carbonyl (C=O) groups is 1. The van der Waals surface area contributed by atoms with Crippen molar-refractivity contribution in [1.82, 2.24) is 25.1 Å². The van der Waals surface area contributed by atoms with Gasteiger partial charge in [-0.25, -0.2) is 9.97 Å². The number of ether oxygens (including phenoxy) is 1. The topological polar surface area (TPSA) is 85.2 Å². The number of anilines is 1. The van der Waals surface area contributed by atoms with E-state index in [0.717, 1.165) is 31.7 Å². The molecule has 0 saturated carbocycles. The van der Waals surface area contributed by atoms with Crippen LogP contribution in [0.2, 0.25) is 0 Å². The van der Waals surface area contributed by atoms with E-state index in [0.29, 0.717) is 18.2 Å². The van der Waals surface area contributed by atoms with Crippen LogP contribution < -0.4 is 15.0 Å². The lowest BCUT2D eigenvalue weighted by Gasteiger charge is -2.33. The minimum atomic E-state index is -0.168. The fourth-order valence-corrected chi connectivity index (χ4v) is 2.90. The SMILES string of the molecule is CCOc1cc(N2CCC[C@@H](n3ccc(C(=O)NC)n3)C2)ncn1. The first-order valence-electron chi connectivity index (χ1n) is 8.18. The van der Waals surface area contributed by atoms with E-state index in [4.69, 9.17) is 4.74 Å². The Morgan fingerprint density at radius 1 is 1.46 bits per heavy atom. The Morgan fingerprint density at radius 3 is 3.12 bits per heavy atom. The zero-order chi connectivity index (χ0) is 16.9. The second kappa shape index (κ2) is 7.29. The number of hydrogen-bond donors (Lipinski definition) is 1. The van der Waals surface area contributed by atoms with Crippen LogP contribution in [0.25, 0.3) is 0 Å². The van der Waals surface area contributed by atoms with Gasteiger partial charge in [-0.05, 0) is 25.8 Å². The van der Waals surface area contributed by atoms with Crippen LogP contribution in [0.3, 0.4) is 0 Å². The van der Waals surface area contributed by atoms with E-state index in [9.17, 15) is 4.79 Å². The summed E-state index contributed by atoms with van der Waals surface area (Å²) in [4.78, 5) is 22.3. The maximum atomic E-state index is 11.7. The molecule has 0 unspecified atom stereocenters. The second-order valence-corrected chi connectivity index (χ2v) is 5.65. The van der Waals surface area contributed by atoms with E-state index in [1.165, 1.54) is 6.33 Å². The van der Waals surface area contributed by atoms with Crippen molar-refractivity contribution in [1.29, 1.82) is 0 Å². The second-order valence-electron chi connectivity index (χ2n) is 5.65. The van der Waals surface area contributed by atoms with Crippen LogP contribution in [0.5, 0.6) is 5.88 Å². The van der Waals surface area contributed by atoms with E-state index < -0.39 is 0 Å². The Bertz CT molecular complexity index is 701. The fraction of sp³-hybridized carbons (Fsp3) is 0.500. The van der Waals surface area contributed by atoms with Crippen LogP contribution in [0.1, 0.15) is 36.3 Å². The summed E-state index contributed by atoms with van der Waals surface area (Å²) in [5.41, 5.74) is 0.440. The molecular formula is C16H22N6O2. The lowest BCUT2D eigenvalue weighted by molar-refractivity contribution is 0.0957. The molecule has 1 fully saturated rings. The summed E-state index contributed by atoms with van der Waals surface area (Å²) in [6.07, 6.45) is 5.45. The molecule has 0 spiro atoms. The Balaban J connectivity index is 1.73. The minimum absolute atomic E-state index is 0.168. The van der Waals surface area contributed by atoms with Gasteiger partial charge in [-0.2, -0.15) is 5.10 Å². The van der Waals surface area contributed by atoms with Crippen molar-refractivity contribution in [3.05, 3.63) is 30.4 Å². The molecule has 1 aliphatic rings. The molecule has 8 heteroatoms. The molecule has 0 aromatic carbocycles. The van der Waals surface area contributed by atoms with Crippen molar-refractivity contribution in [2.75, 3.05) is 31.6 Å². The summed E-state index contributed by atoms with van der Waals surface area (Å²) in [6.45, 7) is 4.23. The Labute approximate surface area is 140 Å². The van der Waals surface area contributed by atoms with Gasteiger partial charge in [0.25, 0.3) is 5.91 Å². The van der Waals surface area contributed by atoms with Gasteiger partial charge in [-0.1, -0.05) is 0 Å². The smallest absolute Gasteiger partial charge is 0.271 e. The summed E-state index contributed by atoms with van der Waals surface area (Å²) >= 11 is 0. The van der Waals surface area contributed by atoms with E-state index in [2.05, 4.69) is 25.3 Å². The molecule has 128 valence electrons. The van der Waals surface area contributed by atoms with Gasteiger partial charge in [0.1, 0.15) is 17.8 Å². The monoisotopic (exact) mass is 330 g/mol. The average molecular weight is 330 g/mol. The first kappa shape index (κ1) is 16.2. The number of nitrogens with zero attached hydrogens (tertiary/aromatic N) is 5. The Hall–Kier alpha value is -2.64. The molecule has 24 heavy (non-hydrogen) atoms. The largest absolute Gasteiger partial charge is 0.478 e. The number of carbonyl (C=O) groups excluding carboxylic acids is 1. The minimum Gasteiger partial charge on any atom is -0.478 e. The van der Waals surface area contributed by atoms with Gasteiger partial charge in [-0.15, -0.1) is 0 Å². The third-order valence-electron chi connectivity index (χ3n) is 4.08. The van der Waals surface area contributed by atoms with Crippen LogP contribution in [0.15, 0.2) is 24.7 Å². The zero-order valence-electron chi connectivity index (χ0n) is 14.0. The van der Waals surface area contributed by atoms with Crippen LogP contribution in [-0.4, -0.2) is 52.4 Å². The molecular weight excluding hydrogens is 308 g/mol. The number of rotatable bonds is 5. The molecule has 3 heterocycles. The number of aromatic nitrogens is 4. The Kier molecular flexibility index (Phi) is 4.93. The van der Waals surface area contributed by atoms with Crippen molar-refractivity contribution in [3.8, 4) is 5.88 Å². The van der Waals surface area contributed by atoms with Crippen molar-refractivity contribution >= 4 is 11.7 Å². The summed E-state index contributed by atoms with van der Waals surface area (Å²) in [7, 11) is 1.61. The van der Waals surface area contributed by atoms with Gasteiger partial charge in [-0.3, -0.25) is 9.48 Å². The highest BCUT2D eigenvalue weighted by molar-refractivity contribution is 5.91. The molecule has 1 N–H and O–H groups in total. The molecule has 2 aromatic heterocycles. The van der Waals surface area contributed by atoms with Crippen molar-refractivity contribution in [2.24, 2.45) is 0 Å². The lowest BCUT2D eigenvalue weighted by Crippen LogP contribution is -2.37. The van der Waals surface area contributed by atoms with Gasteiger partial charge < -0.3 is 15.0 Å². The zero-order valence-corrected chi connectivity index (χ0v) is 14.0. The molecule has 8 nitrogen and oxygen atoms in total. The molecule has 0 radical (unpaired) electrons. The molecule has 3 rings (SSSR count). The summed E-state index contributed by atoms with van der Waals surface area (Å²) in [5.74, 6) is 1.28. The molecule has 1 saturated heterocycles. The van der Waals surface area contributed by atoms with E-state index in [1.807, 2.05) is 23.9 Å². The maximum Gasteiger partial charge on any atom is 0.271 e.